The van der Waals surface area contributed by atoms with Gasteiger partial charge in [0, 0.05) is 14.0 Å². The zero-order chi connectivity index (χ0) is 42.9. The molecule has 11 atom stereocenters. The molecule has 0 bridgehead atoms. The fourth-order valence-electron chi connectivity index (χ4n) is 6.26. The molecule has 0 radical (unpaired) electrons. The van der Waals surface area contributed by atoms with Crippen LogP contribution in [0.1, 0.15) is 13.2 Å². The molecule has 6 rings (SSSR count). The van der Waals surface area contributed by atoms with Crippen LogP contribution in [0.4, 0.5) is 11.9 Å². The SMILES string of the molecule is COC1C(OP(=O)(O)O)[C@@H](COP(=O)(O)OP(=O)(O)OP(=O)(O)OC[C@H]2O[C@@](C)(n3c[n+](C)c4c(=O)[nH]c(N)nc43)C(O)C2O)O[C@H]1n1cnc2c(=O)[nH]c(N)nc21. The second kappa shape index (κ2) is 15.6. The highest BCUT2D eigenvalue weighted by molar-refractivity contribution is 7.66. The molecular formula is C23H35N10O21P4+. The number of aromatic amines is 2. The number of phosphoric ester groups is 3. The van der Waals surface area contributed by atoms with Gasteiger partial charge in [-0.25, -0.2) is 27.8 Å². The summed E-state index contributed by atoms with van der Waals surface area (Å²) < 4.78 is 92.5. The van der Waals surface area contributed by atoms with Gasteiger partial charge in [0.2, 0.25) is 23.9 Å². The number of methoxy groups -OCH3 is 1. The van der Waals surface area contributed by atoms with Gasteiger partial charge in [-0.2, -0.15) is 23.2 Å². The minimum absolute atomic E-state index is 0.0171. The zero-order valence-electron chi connectivity index (χ0n) is 29.6. The van der Waals surface area contributed by atoms with Crippen molar-refractivity contribution in [2.45, 2.75) is 55.5 Å². The van der Waals surface area contributed by atoms with E-state index >= 15 is 0 Å². The lowest BCUT2D eigenvalue weighted by Gasteiger charge is -2.24. The van der Waals surface area contributed by atoms with E-state index in [0.717, 1.165) is 22.6 Å². The van der Waals surface area contributed by atoms with Crippen molar-refractivity contribution in [3.63, 3.8) is 0 Å². The van der Waals surface area contributed by atoms with E-state index in [4.69, 9.17) is 30.2 Å². The lowest BCUT2D eigenvalue weighted by atomic mass is 10.0. The number of anilines is 2. The van der Waals surface area contributed by atoms with E-state index < -0.39 is 104 Å². The van der Waals surface area contributed by atoms with E-state index in [1.165, 1.54) is 24.9 Å². The van der Waals surface area contributed by atoms with Gasteiger partial charge in [-0.15, -0.1) is 0 Å². The fourth-order valence-corrected chi connectivity index (χ4v) is 10.4. The van der Waals surface area contributed by atoms with Gasteiger partial charge in [0.25, 0.3) is 16.7 Å². The monoisotopic (exact) mass is 911 g/mol. The quantitative estimate of drug-likeness (QED) is 0.0405. The molecule has 0 saturated carbocycles. The van der Waals surface area contributed by atoms with E-state index in [9.17, 15) is 62.5 Å². The van der Waals surface area contributed by atoms with E-state index in [-0.39, 0.29) is 34.2 Å². The number of rotatable bonds is 15. The number of phosphoric acid groups is 4. The molecule has 13 N–H and O–H groups in total. The standard InChI is InChI=1S/C23H34N10O21P4/c1-23(33-7-31(2)11-17(33)28-22(25)30-19(11)37)15(35)12(34)8(51-23)4-48-56(41,42)53-58(45,46)54-57(43,44)49-5-9-13(52-55(38,39)40)14(47-3)20(50-9)32-6-26-10-16(32)27-21(24)29-18(10)36/h6-9,12-15,20,34-35H,4-5H2,1-3H3,(H10-,24,25,27,28,29,30,36,37,38,39,40,41,42,43,44,45,46)/p+1/t8-,9-,12?,13?,14?,15?,20-,23-/m1/s1. The van der Waals surface area contributed by atoms with Crippen molar-refractivity contribution in [1.82, 2.24) is 34.1 Å². The topological polar surface area (TPSA) is 454 Å². The lowest BCUT2D eigenvalue weighted by molar-refractivity contribution is -0.647. The first-order valence-corrected chi connectivity index (χ1v) is 21.9. The van der Waals surface area contributed by atoms with E-state index in [0.29, 0.717) is 0 Å². The maximum absolute atomic E-state index is 12.8. The van der Waals surface area contributed by atoms with Crippen LogP contribution in [0.15, 0.2) is 22.2 Å². The number of nitrogens with two attached hydrogens (primary N) is 2. The van der Waals surface area contributed by atoms with Crippen molar-refractivity contribution in [3.05, 3.63) is 33.4 Å². The third kappa shape index (κ3) is 8.89. The third-order valence-corrected chi connectivity index (χ3v) is 13.4. The van der Waals surface area contributed by atoms with E-state index in [1.807, 2.05) is 0 Å². The molecule has 0 amide bonds. The predicted octanol–water partition coefficient (Wildman–Crippen LogP) is -3.60. The van der Waals surface area contributed by atoms with Crippen molar-refractivity contribution in [1.29, 1.82) is 0 Å². The summed E-state index contributed by atoms with van der Waals surface area (Å²) in [5, 5.41) is 21.6. The van der Waals surface area contributed by atoms with Crippen molar-refractivity contribution < 1.29 is 93.9 Å². The fraction of sp³-hybridized carbons (Fsp3) is 0.565. The van der Waals surface area contributed by atoms with Crippen LogP contribution >= 0.6 is 31.3 Å². The predicted molar refractivity (Wildman–Crippen MR) is 184 cm³/mol. The Kier molecular flexibility index (Phi) is 11.9. The molecule has 58 heavy (non-hydrogen) atoms. The molecule has 31 nitrogen and oxygen atoms in total. The van der Waals surface area contributed by atoms with Gasteiger partial charge < -0.3 is 60.4 Å². The minimum atomic E-state index is -6.12. The minimum Gasteiger partial charge on any atom is -0.387 e. The number of imidazole rings is 2. The molecule has 0 aliphatic carbocycles. The number of ether oxygens (including phenoxy) is 3. The number of hydrogen-bond acceptors (Lipinski definition) is 21. The van der Waals surface area contributed by atoms with Crippen LogP contribution in [-0.2, 0) is 67.4 Å². The molecule has 0 spiro atoms. The van der Waals surface area contributed by atoms with Gasteiger partial charge in [-0.05, 0) is 0 Å². The first-order chi connectivity index (χ1) is 26.7. The number of fused-ring (bicyclic) bond motifs is 2. The molecule has 4 aromatic rings. The molecule has 2 aliphatic rings. The molecule has 2 fully saturated rings. The molecule has 6 heterocycles. The number of nitrogens with zero attached hydrogens (tertiary/aromatic N) is 6. The summed E-state index contributed by atoms with van der Waals surface area (Å²) in [4.78, 5) is 90.8. The van der Waals surface area contributed by atoms with Crippen molar-refractivity contribution in [3.8, 4) is 0 Å². The lowest BCUT2D eigenvalue weighted by Crippen LogP contribution is -2.43. The average Bonchev–Trinajstić information content (AvgIpc) is 3.80. The van der Waals surface area contributed by atoms with E-state index in [1.54, 1.807) is 0 Å². The summed E-state index contributed by atoms with van der Waals surface area (Å²) >= 11 is 0. The Hall–Kier alpha value is -3.38. The maximum atomic E-state index is 12.8. The Morgan fingerprint density at radius 3 is 2.05 bits per heavy atom. The number of aryl methyl sites for hydroxylation is 1. The summed E-state index contributed by atoms with van der Waals surface area (Å²) in [6.07, 6.45) is -9.72. The van der Waals surface area contributed by atoms with Crippen LogP contribution in [0, 0.1) is 0 Å². The number of aliphatic hydroxyl groups is 2. The van der Waals surface area contributed by atoms with Gasteiger partial charge in [-0.1, -0.05) is 0 Å². The number of nitrogen functional groups attached to an aromatic ring is 2. The summed E-state index contributed by atoms with van der Waals surface area (Å²) in [7, 11) is -20.6. The van der Waals surface area contributed by atoms with Crippen LogP contribution in [0.3, 0.4) is 0 Å². The average molecular weight is 911 g/mol. The Morgan fingerprint density at radius 1 is 0.897 bits per heavy atom. The van der Waals surface area contributed by atoms with Gasteiger partial charge >= 0.3 is 36.9 Å². The van der Waals surface area contributed by atoms with Crippen LogP contribution in [0.2, 0.25) is 0 Å². The molecule has 2 aliphatic heterocycles. The molecule has 0 aromatic carbocycles. The number of hydrogen-bond donors (Lipinski definition) is 11. The van der Waals surface area contributed by atoms with Gasteiger partial charge in [0.15, 0.2) is 23.5 Å². The molecule has 322 valence electrons. The Labute approximate surface area is 321 Å². The Morgan fingerprint density at radius 2 is 1.47 bits per heavy atom. The van der Waals surface area contributed by atoms with Crippen LogP contribution < -0.4 is 27.2 Å². The number of aromatic nitrogens is 8. The Bertz CT molecular complexity index is 2540. The second-order valence-corrected chi connectivity index (χ2v) is 18.5. The van der Waals surface area contributed by atoms with Crippen LogP contribution in [0.25, 0.3) is 22.3 Å². The van der Waals surface area contributed by atoms with Gasteiger partial charge in [-0.3, -0.25) is 37.7 Å². The van der Waals surface area contributed by atoms with Crippen LogP contribution in [-0.4, -0.2) is 126 Å². The first kappa shape index (κ1) is 44.2. The van der Waals surface area contributed by atoms with Gasteiger partial charge in [0.05, 0.1) is 26.6 Å². The summed E-state index contributed by atoms with van der Waals surface area (Å²) in [5.41, 5.74) is 7.35. The van der Waals surface area contributed by atoms with Crippen LogP contribution in [0.5, 0.6) is 0 Å². The third-order valence-electron chi connectivity index (χ3n) is 8.64. The highest BCUT2D eigenvalue weighted by Crippen LogP contribution is 2.68. The van der Waals surface area contributed by atoms with Crippen molar-refractivity contribution >= 4 is 65.5 Å². The number of nitrogens with one attached hydrogen (secondary N) is 2. The largest absolute Gasteiger partial charge is 0.490 e. The number of aliphatic hydroxyl groups excluding tert-OH is 2. The summed E-state index contributed by atoms with van der Waals surface area (Å²) in [6, 6.07) is 0. The van der Waals surface area contributed by atoms with Crippen molar-refractivity contribution in [2.75, 3.05) is 31.8 Å². The molecule has 7 unspecified atom stereocenters. The zero-order valence-corrected chi connectivity index (χ0v) is 33.2. The smallest absolute Gasteiger partial charge is 0.387 e. The molecular weight excluding hydrogens is 876 g/mol. The molecule has 4 aromatic heterocycles. The second-order valence-electron chi connectivity index (χ2n) is 12.6. The highest BCUT2D eigenvalue weighted by atomic mass is 31.3. The molecule has 35 heteroatoms. The van der Waals surface area contributed by atoms with Crippen molar-refractivity contribution in [2.24, 2.45) is 7.05 Å². The first-order valence-electron chi connectivity index (χ1n) is 15.9. The summed E-state index contributed by atoms with van der Waals surface area (Å²) in [5.74, 6) is -0.658. The normalized spacial score (nSPS) is 29.8. The Balaban J connectivity index is 1.11. The molecule has 2 saturated heterocycles. The van der Waals surface area contributed by atoms with E-state index in [2.05, 4.69) is 42.6 Å². The highest BCUT2D eigenvalue weighted by Gasteiger charge is 2.58. The number of H-pyrrole nitrogens is 2. The maximum Gasteiger partial charge on any atom is 0.490 e. The van der Waals surface area contributed by atoms with Gasteiger partial charge in [0.1, 0.15) is 30.5 Å². The summed E-state index contributed by atoms with van der Waals surface area (Å²) in [6.45, 7) is -1.11.